The highest BCUT2D eigenvalue weighted by Crippen LogP contribution is 2.23. The molecule has 0 unspecified atom stereocenters. The van der Waals surface area contributed by atoms with Gasteiger partial charge in [-0.25, -0.2) is 0 Å². The number of carbonyl (C=O) groups excluding carboxylic acids is 1. The molecule has 4 nitrogen and oxygen atoms in total. The van der Waals surface area contributed by atoms with Crippen LogP contribution >= 0.6 is 0 Å². The largest absolute Gasteiger partial charge is 0.350 e. The first-order valence-electron chi connectivity index (χ1n) is 10.1. The molecule has 144 valence electrons. The third-order valence-electron chi connectivity index (χ3n) is 5.52. The van der Waals surface area contributed by atoms with Gasteiger partial charge in [0.25, 0.3) is 5.91 Å². The molecule has 1 aliphatic heterocycles. The second-order valence-corrected chi connectivity index (χ2v) is 7.81. The van der Waals surface area contributed by atoms with Crippen molar-refractivity contribution < 1.29 is 4.79 Å². The van der Waals surface area contributed by atoms with Crippen LogP contribution in [-0.2, 0) is 12.8 Å². The summed E-state index contributed by atoms with van der Waals surface area (Å²) >= 11 is 0. The van der Waals surface area contributed by atoms with Gasteiger partial charge in [0.15, 0.2) is 0 Å². The van der Waals surface area contributed by atoms with Gasteiger partial charge in [0.1, 0.15) is 5.69 Å². The molecule has 0 radical (unpaired) electrons. The van der Waals surface area contributed by atoms with E-state index in [0.717, 1.165) is 12.3 Å². The van der Waals surface area contributed by atoms with Gasteiger partial charge in [0.05, 0.1) is 0 Å². The molecular weight excluding hydrogens is 334 g/mol. The van der Waals surface area contributed by atoms with Gasteiger partial charge in [-0.15, -0.1) is 0 Å². The van der Waals surface area contributed by atoms with Crippen LogP contribution in [0.2, 0.25) is 0 Å². The van der Waals surface area contributed by atoms with Gasteiger partial charge in [0, 0.05) is 18.8 Å². The molecule has 3 rings (SSSR count). The highest BCUT2D eigenvalue weighted by atomic mass is 16.1. The number of rotatable bonds is 7. The van der Waals surface area contributed by atoms with E-state index in [2.05, 4.69) is 53.3 Å². The van der Waals surface area contributed by atoms with E-state index in [9.17, 15) is 4.79 Å². The van der Waals surface area contributed by atoms with Gasteiger partial charge in [-0.3, -0.25) is 9.78 Å². The number of nitrogens with zero attached hydrogens (tertiary/aromatic N) is 2. The maximum atomic E-state index is 12.0. The number of aromatic nitrogens is 1. The van der Waals surface area contributed by atoms with Gasteiger partial charge in [0.2, 0.25) is 0 Å². The monoisotopic (exact) mass is 365 g/mol. The minimum absolute atomic E-state index is 0.111. The fraction of sp³-hybridized carbons (Fsp3) is 0.478. The van der Waals surface area contributed by atoms with Crippen molar-refractivity contribution in [1.82, 2.24) is 15.2 Å². The summed E-state index contributed by atoms with van der Waals surface area (Å²) in [6, 6.07) is 14.9. The van der Waals surface area contributed by atoms with E-state index in [1.54, 1.807) is 12.3 Å². The van der Waals surface area contributed by atoms with Crippen molar-refractivity contribution in [1.29, 1.82) is 0 Å². The lowest BCUT2D eigenvalue weighted by atomic mass is 9.89. The number of nitrogens with one attached hydrogen (secondary N) is 1. The van der Waals surface area contributed by atoms with E-state index in [1.807, 2.05) is 12.1 Å². The van der Waals surface area contributed by atoms with E-state index < -0.39 is 0 Å². The maximum absolute atomic E-state index is 12.0. The van der Waals surface area contributed by atoms with Crippen LogP contribution in [0.25, 0.3) is 0 Å². The lowest BCUT2D eigenvalue weighted by Crippen LogP contribution is -2.38. The lowest BCUT2D eigenvalue weighted by Gasteiger charge is -2.34. The zero-order valence-corrected chi connectivity index (χ0v) is 16.5. The van der Waals surface area contributed by atoms with Gasteiger partial charge in [-0.1, -0.05) is 30.3 Å². The van der Waals surface area contributed by atoms with Crippen LogP contribution in [-0.4, -0.2) is 41.5 Å². The first kappa shape index (κ1) is 19.6. The van der Waals surface area contributed by atoms with Crippen molar-refractivity contribution >= 4 is 5.91 Å². The summed E-state index contributed by atoms with van der Waals surface area (Å²) in [7, 11) is 0. The van der Waals surface area contributed by atoms with Gasteiger partial charge >= 0.3 is 0 Å². The number of pyridine rings is 1. The minimum atomic E-state index is -0.111. The summed E-state index contributed by atoms with van der Waals surface area (Å²) in [6.45, 7) is 7.67. The topological polar surface area (TPSA) is 45.2 Å². The first-order chi connectivity index (χ1) is 13.1. The predicted molar refractivity (Wildman–Crippen MR) is 110 cm³/mol. The number of hydrogen-bond acceptors (Lipinski definition) is 3. The molecule has 2 heterocycles. The number of piperidine rings is 1. The first-order valence-corrected chi connectivity index (χ1v) is 10.1. The summed E-state index contributed by atoms with van der Waals surface area (Å²) in [6.07, 6.45) is 6.27. The van der Waals surface area contributed by atoms with Crippen LogP contribution in [0.3, 0.4) is 0 Å². The zero-order valence-electron chi connectivity index (χ0n) is 16.5. The Hall–Kier alpha value is -2.20. The molecule has 2 aromatic rings. The van der Waals surface area contributed by atoms with Crippen LogP contribution in [0, 0.1) is 5.92 Å². The minimum Gasteiger partial charge on any atom is -0.350 e. The fourth-order valence-corrected chi connectivity index (χ4v) is 3.76. The van der Waals surface area contributed by atoms with Crippen LogP contribution in [0.1, 0.15) is 48.3 Å². The van der Waals surface area contributed by atoms with Crippen LogP contribution in [0.15, 0.2) is 48.7 Å². The molecule has 0 atom stereocenters. The summed E-state index contributed by atoms with van der Waals surface area (Å²) in [5.41, 5.74) is 3.16. The highest BCUT2D eigenvalue weighted by Gasteiger charge is 2.20. The average Bonchev–Trinajstić information content (AvgIpc) is 2.70. The summed E-state index contributed by atoms with van der Waals surface area (Å²) in [5, 5.41) is 2.93. The molecule has 0 spiro atoms. The Bertz CT molecular complexity index is 704. The smallest absolute Gasteiger partial charge is 0.269 e. The van der Waals surface area contributed by atoms with E-state index in [0.29, 0.717) is 18.3 Å². The fourth-order valence-electron chi connectivity index (χ4n) is 3.76. The van der Waals surface area contributed by atoms with Crippen molar-refractivity contribution in [3.05, 3.63) is 65.5 Å². The SMILES string of the molecule is CC(C)N1CCC(Cc2ccc(CCNC(=O)c3ccccn3)cc2)CC1. The Morgan fingerprint density at radius 3 is 2.44 bits per heavy atom. The molecule has 1 amide bonds. The highest BCUT2D eigenvalue weighted by molar-refractivity contribution is 5.92. The summed E-state index contributed by atoms with van der Waals surface area (Å²) < 4.78 is 0. The van der Waals surface area contributed by atoms with Crippen molar-refractivity contribution in [2.75, 3.05) is 19.6 Å². The maximum Gasteiger partial charge on any atom is 0.269 e. The number of carbonyl (C=O) groups is 1. The number of hydrogen-bond donors (Lipinski definition) is 1. The Morgan fingerprint density at radius 2 is 1.81 bits per heavy atom. The van der Waals surface area contributed by atoms with E-state index in [4.69, 9.17) is 0 Å². The molecule has 0 saturated carbocycles. The van der Waals surface area contributed by atoms with Crippen molar-refractivity contribution in [3.8, 4) is 0 Å². The number of benzene rings is 1. The number of amides is 1. The van der Waals surface area contributed by atoms with Crippen molar-refractivity contribution in [2.45, 2.75) is 45.6 Å². The average molecular weight is 366 g/mol. The van der Waals surface area contributed by atoms with Crippen molar-refractivity contribution in [2.24, 2.45) is 5.92 Å². The van der Waals surface area contributed by atoms with Crippen LogP contribution in [0.4, 0.5) is 0 Å². The normalized spacial score (nSPS) is 15.8. The van der Waals surface area contributed by atoms with E-state index in [1.165, 1.54) is 43.5 Å². The molecule has 1 fully saturated rings. The van der Waals surface area contributed by atoms with Gasteiger partial charge < -0.3 is 10.2 Å². The second kappa shape index (κ2) is 9.65. The predicted octanol–water partition coefficient (Wildman–Crippen LogP) is 3.72. The van der Waals surface area contributed by atoms with Gasteiger partial charge in [-0.2, -0.15) is 0 Å². The Balaban J connectivity index is 1.41. The molecule has 4 heteroatoms. The molecule has 1 aromatic heterocycles. The number of likely N-dealkylation sites (tertiary alicyclic amines) is 1. The van der Waals surface area contributed by atoms with E-state index in [-0.39, 0.29) is 5.91 Å². The molecule has 0 aliphatic carbocycles. The molecule has 1 aromatic carbocycles. The van der Waals surface area contributed by atoms with Crippen LogP contribution < -0.4 is 5.32 Å². The molecule has 0 bridgehead atoms. The quantitative estimate of drug-likeness (QED) is 0.813. The molecular formula is C23H31N3O. The Morgan fingerprint density at radius 1 is 1.11 bits per heavy atom. The third kappa shape index (κ3) is 5.90. The standard InChI is InChI=1S/C23H31N3O/c1-18(2)26-15-11-21(12-16-26)17-20-8-6-19(7-9-20)10-14-25-23(27)22-5-3-4-13-24-22/h3-9,13,18,21H,10-12,14-17H2,1-2H3,(H,25,27). The van der Waals surface area contributed by atoms with Crippen molar-refractivity contribution in [3.63, 3.8) is 0 Å². The molecule has 1 aliphatic rings. The van der Waals surface area contributed by atoms with Crippen LogP contribution in [0.5, 0.6) is 0 Å². The molecule has 1 N–H and O–H groups in total. The zero-order chi connectivity index (χ0) is 19.1. The second-order valence-electron chi connectivity index (χ2n) is 7.81. The molecule has 1 saturated heterocycles. The van der Waals surface area contributed by atoms with E-state index >= 15 is 0 Å². The Labute approximate surface area is 163 Å². The summed E-state index contributed by atoms with van der Waals surface area (Å²) in [4.78, 5) is 18.7. The Kier molecular flexibility index (Phi) is 6.99. The summed E-state index contributed by atoms with van der Waals surface area (Å²) in [5.74, 6) is 0.698. The lowest BCUT2D eigenvalue weighted by molar-refractivity contribution is 0.0949. The van der Waals surface area contributed by atoms with Gasteiger partial charge in [-0.05, 0) is 81.8 Å². The third-order valence-corrected chi connectivity index (χ3v) is 5.52. The molecule has 27 heavy (non-hydrogen) atoms.